The van der Waals surface area contributed by atoms with Gasteiger partial charge in [-0.2, -0.15) is 0 Å². The van der Waals surface area contributed by atoms with Crippen LogP contribution in [0.3, 0.4) is 0 Å². The molecule has 1 aromatic carbocycles. The van der Waals surface area contributed by atoms with Crippen LogP contribution in [0.15, 0.2) is 18.2 Å². The zero-order valence-corrected chi connectivity index (χ0v) is 12.1. The molecule has 0 spiro atoms. The van der Waals surface area contributed by atoms with Crippen LogP contribution in [0.2, 0.25) is 0 Å². The lowest BCUT2D eigenvalue weighted by molar-refractivity contribution is -0.117. The molecule has 1 atom stereocenters. The quantitative estimate of drug-likeness (QED) is 0.619. The first-order valence-corrected chi connectivity index (χ1v) is 6.46. The number of methoxy groups -OCH3 is 2. The molecule has 0 radical (unpaired) electrons. The van der Waals surface area contributed by atoms with Crippen LogP contribution < -0.4 is 15.8 Å². The molecule has 1 amide bonds. The lowest BCUT2D eigenvalue weighted by atomic mass is 10.1. The molecule has 4 N–H and O–H groups in total. The summed E-state index contributed by atoms with van der Waals surface area (Å²) in [6.45, 7) is 0.514. The van der Waals surface area contributed by atoms with Crippen molar-refractivity contribution >= 4 is 17.6 Å². The van der Waals surface area contributed by atoms with Gasteiger partial charge in [-0.1, -0.05) is 0 Å². The van der Waals surface area contributed by atoms with Gasteiger partial charge in [0.2, 0.25) is 5.91 Å². The Hall–Kier alpha value is -2.12. The summed E-state index contributed by atoms with van der Waals surface area (Å²) in [6, 6.07) is 3.60. The third-order valence-electron chi connectivity index (χ3n) is 2.92. The minimum absolute atomic E-state index is 0.0201. The van der Waals surface area contributed by atoms with Crippen LogP contribution in [0, 0.1) is 0 Å². The topological polar surface area (TPSA) is 111 Å². The van der Waals surface area contributed by atoms with E-state index < -0.39 is 17.9 Å². The molecule has 0 aliphatic heterocycles. The number of amides is 1. The Morgan fingerprint density at radius 2 is 2.10 bits per heavy atom. The summed E-state index contributed by atoms with van der Waals surface area (Å²) in [7, 11) is 3.03. The Morgan fingerprint density at radius 1 is 1.38 bits per heavy atom. The van der Waals surface area contributed by atoms with Crippen molar-refractivity contribution in [3.8, 4) is 5.75 Å². The number of nitrogens with one attached hydrogen (secondary N) is 1. The maximum Gasteiger partial charge on any atom is 0.337 e. The molecule has 0 aliphatic rings. The first kappa shape index (κ1) is 16.9. The number of hydrogen-bond acceptors (Lipinski definition) is 5. The zero-order valence-electron chi connectivity index (χ0n) is 12.1. The van der Waals surface area contributed by atoms with E-state index in [0.717, 1.165) is 0 Å². The standard InChI is InChI=1S/C14H20N2O5/c1-20-7-3-4-11(15)13(17)16-12-8-9(21-2)5-6-10(12)14(18)19/h5-6,8,11H,3-4,7,15H2,1-2H3,(H,16,17)(H,18,19). The van der Waals surface area contributed by atoms with Crippen LogP contribution in [0.5, 0.6) is 5.75 Å². The molecule has 0 saturated carbocycles. The summed E-state index contributed by atoms with van der Waals surface area (Å²) in [6.07, 6.45) is 1.10. The van der Waals surface area contributed by atoms with Crippen LogP contribution >= 0.6 is 0 Å². The molecule has 1 aromatic rings. The highest BCUT2D eigenvalue weighted by Gasteiger charge is 2.17. The van der Waals surface area contributed by atoms with Gasteiger partial charge in [-0.15, -0.1) is 0 Å². The molecule has 1 rings (SSSR count). The van der Waals surface area contributed by atoms with E-state index in [1.807, 2.05) is 0 Å². The fourth-order valence-electron chi connectivity index (χ4n) is 1.74. The molecule has 0 aromatic heterocycles. The number of carboxylic acids is 1. The van der Waals surface area contributed by atoms with Crippen LogP contribution in [0.25, 0.3) is 0 Å². The number of nitrogens with two attached hydrogens (primary N) is 1. The fourth-order valence-corrected chi connectivity index (χ4v) is 1.74. The van der Waals surface area contributed by atoms with Gasteiger partial charge in [-0.3, -0.25) is 4.79 Å². The van der Waals surface area contributed by atoms with E-state index in [0.29, 0.717) is 25.2 Å². The smallest absolute Gasteiger partial charge is 0.337 e. The van der Waals surface area contributed by atoms with Gasteiger partial charge in [0.15, 0.2) is 0 Å². The summed E-state index contributed by atoms with van der Waals surface area (Å²) >= 11 is 0. The molecule has 0 saturated heterocycles. The molecule has 21 heavy (non-hydrogen) atoms. The van der Waals surface area contributed by atoms with Crippen molar-refractivity contribution in [2.75, 3.05) is 26.1 Å². The van der Waals surface area contributed by atoms with E-state index >= 15 is 0 Å². The Kier molecular flexibility index (Phi) is 6.64. The average molecular weight is 296 g/mol. The maximum absolute atomic E-state index is 12.0. The van der Waals surface area contributed by atoms with Crippen molar-refractivity contribution in [1.29, 1.82) is 0 Å². The van der Waals surface area contributed by atoms with Crippen molar-refractivity contribution in [3.63, 3.8) is 0 Å². The van der Waals surface area contributed by atoms with Crippen LogP contribution in [-0.4, -0.2) is 43.9 Å². The van der Waals surface area contributed by atoms with Gasteiger partial charge in [0.25, 0.3) is 0 Å². The number of benzene rings is 1. The van der Waals surface area contributed by atoms with Gasteiger partial charge in [0.1, 0.15) is 5.75 Å². The van der Waals surface area contributed by atoms with Crippen molar-refractivity contribution < 1.29 is 24.2 Å². The minimum atomic E-state index is -1.14. The van der Waals surface area contributed by atoms with E-state index in [-0.39, 0.29) is 11.3 Å². The number of ether oxygens (including phenoxy) is 2. The van der Waals surface area contributed by atoms with E-state index in [1.165, 1.54) is 25.3 Å². The van der Waals surface area contributed by atoms with Gasteiger partial charge in [0, 0.05) is 19.8 Å². The van der Waals surface area contributed by atoms with E-state index in [9.17, 15) is 9.59 Å². The molecule has 0 fully saturated rings. The molecule has 0 aliphatic carbocycles. The number of aromatic carboxylic acids is 1. The molecule has 0 bridgehead atoms. The first-order chi connectivity index (χ1) is 9.99. The van der Waals surface area contributed by atoms with Crippen molar-refractivity contribution in [2.45, 2.75) is 18.9 Å². The Morgan fingerprint density at radius 3 is 2.67 bits per heavy atom. The molecule has 1 unspecified atom stereocenters. The summed E-state index contributed by atoms with van der Waals surface area (Å²) < 4.78 is 9.91. The van der Waals surface area contributed by atoms with Gasteiger partial charge >= 0.3 is 5.97 Å². The lowest BCUT2D eigenvalue weighted by Gasteiger charge is -2.14. The molecule has 116 valence electrons. The highest BCUT2D eigenvalue weighted by Crippen LogP contribution is 2.22. The predicted octanol–water partition coefficient (Wildman–Crippen LogP) is 1.09. The Bertz CT molecular complexity index is 504. The molecular weight excluding hydrogens is 276 g/mol. The normalized spacial score (nSPS) is 11.8. The third kappa shape index (κ3) is 5.05. The van der Waals surface area contributed by atoms with Gasteiger partial charge in [0.05, 0.1) is 24.4 Å². The summed E-state index contributed by atoms with van der Waals surface area (Å²) in [5.41, 5.74) is 5.90. The van der Waals surface area contributed by atoms with E-state index in [1.54, 1.807) is 7.11 Å². The number of anilines is 1. The lowest BCUT2D eigenvalue weighted by Crippen LogP contribution is -2.36. The largest absolute Gasteiger partial charge is 0.497 e. The average Bonchev–Trinajstić information content (AvgIpc) is 2.46. The van der Waals surface area contributed by atoms with Crippen LogP contribution in [0.1, 0.15) is 23.2 Å². The van der Waals surface area contributed by atoms with Crippen molar-refractivity contribution in [2.24, 2.45) is 5.73 Å². The zero-order chi connectivity index (χ0) is 15.8. The van der Waals surface area contributed by atoms with E-state index in [4.69, 9.17) is 20.3 Å². The summed E-state index contributed by atoms with van der Waals surface area (Å²) in [4.78, 5) is 23.1. The summed E-state index contributed by atoms with van der Waals surface area (Å²) in [5.74, 6) is -1.13. The van der Waals surface area contributed by atoms with Crippen LogP contribution in [0.4, 0.5) is 5.69 Å². The highest BCUT2D eigenvalue weighted by atomic mass is 16.5. The second-order valence-corrected chi connectivity index (χ2v) is 4.45. The number of hydrogen-bond donors (Lipinski definition) is 3. The Balaban J connectivity index is 2.80. The van der Waals surface area contributed by atoms with Crippen molar-refractivity contribution in [1.82, 2.24) is 0 Å². The number of carbonyl (C=O) groups is 2. The molecular formula is C14H20N2O5. The van der Waals surface area contributed by atoms with Gasteiger partial charge in [-0.25, -0.2) is 4.79 Å². The second-order valence-electron chi connectivity index (χ2n) is 4.45. The summed E-state index contributed by atoms with van der Waals surface area (Å²) in [5, 5.41) is 11.6. The molecule has 7 nitrogen and oxygen atoms in total. The van der Waals surface area contributed by atoms with E-state index in [2.05, 4.69) is 5.32 Å². The highest BCUT2D eigenvalue weighted by molar-refractivity contribution is 6.02. The monoisotopic (exact) mass is 296 g/mol. The maximum atomic E-state index is 12.0. The fraction of sp³-hybridized carbons (Fsp3) is 0.429. The third-order valence-corrected chi connectivity index (χ3v) is 2.92. The number of carboxylic acid groups (broad SMARTS) is 1. The minimum Gasteiger partial charge on any atom is -0.497 e. The first-order valence-electron chi connectivity index (χ1n) is 6.46. The number of rotatable bonds is 8. The second kappa shape index (κ2) is 8.23. The molecule has 0 heterocycles. The van der Waals surface area contributed by atoms with Gasteiger partial charge in [-0.05, 0) is 25.0 Å². The van der Waals surface area contributed by atoms with Gasteiger partial charge < -0.3 is 25.6 Å². The van der Waals surface area contributed by atoms with Crippen molar-refractivity contribution in [3.05, 3.63) is 23.8 Å². The van der Waals surface area contributed by atoms with Crippen LogP contribution in [-0.2, 0) is 9.53 Å². The Labute approximate surface area is 123 Å². The SMILES string of the molecule is COCCCC(N)C(=O)Nc1cc(OC)ccc1C(=O)O. The predicted molar refractivity (Wildman–Crippen MR) is 77.7 cm³/mol. The number of carbonyl (C=O) groups excluding carboxylic acids is 1. The molecule has 7 heteroatoms.